The van der Waals surface area contributed by atoms with Crippen LogP contribution in [0.3, 0.4) is 0 Å². The Bertz CT molecular complexity index is 578. The lowest BCUT2D eigenvalue weighted by Crippen LogP contribution is -2.06. The summed E-state index contributed by atoms with van der Waals surface area (Å²) in [5.74, 6) is 0.446. The highest BCUT2D eigenvalue weighted by molar-refractivity contribution is 7.13. The predicted molar refractivity (Wildman–Crippen MR) is 75.4 cm³/mol. The molecule has 0 spiro atoms. The minimum Gasteiger partial charge on any atom is -0.407 e. The molecule has 0 radical (unpaired) electrons. The van der Waals surface area contributed by atoms with E-state index in [1.54, 1.807) is 30.5 Å². The SMILES string of the molecule is CCC(=O)Oc1cc(-c2nc(C(C)C)cs2)ccn1. The molecule has 2 rings (SSSR count). The molecule has 2 aromatic rings. The second kappa shape index (κ2) is 5.93. The fraction of sp³-hybridized carbons (Fsp3) is 0.357. The van der Waals surface area contributed by atoms with Gasteiger partial charge >= 0.3 is 5.97 Å². The maximum Gasteiger partial charge on any atom is 0.312 e. The zero-order valence-electron chi connectivity index (χ0n) is 11.2. The number of nitrogens with zero attached hydrogens (tertiary/aromatic N) is 2. The van der Waals surface area contributed by atoms with Crippen molar-refractivity contribution in [2.45, 2.75) is 33.1 Å². The van der Waals surface area contributed by atoms with Crippen LogP contribution in [0, 0.1) is 0 Å². The Kier molecular flexibility index (Phi) is 4.27. The first-order valence-electron chi connectivity index (χ1n) is 6.22. The fourth-order valence-electron chi connectivity index (χ4n) is 1.47. The van der Waals surface area contributed by atoms with E-state index in [0.29, 0.717) is 18.2 Å². The molecule has 0 saturated heterocycles. The van der Waals surface area contributed by atoms with Crippen molar-refractivity contribution in [3.63, 3.8) is 0 Å². The second-order valence-corrected chi connectivity index (χ2v) is 5.30. The fourth-order valence-corrected chi connectivity index (χ4v) is 2.45. The lowest BCUT2D eigenvalue weighted by Gasteiger charge is -2.03. The molecule has 0 bridgehead atoms. The first-order valence-corrected chi connectivity index (χ1v) is 7.10. The average molecular weight is 276 g/mol. The monoisotopic (exact) mass is 276 g/mol. The molecule has 0 aliphatic carbocycles. The lowest BCUT2D eigenvalue weighted by molar-refractivity contribution is -0.134. The largest absolute Gasteiger partial charge is 0.407 e. The highest BCUT2D eigenvalue weighted by Crippen LogP contribution is 2.28. The Hall–Kier alpha value is -1.75. The Morgan fingerprint density at radius 1 is 1.47 bits per heavy atom. The van der Waals surface area contributed by atoms with Gasteiger partial charge < -0.3 is 4.74 Å². The highest BCUT2D eigenvalue weighted by atomic mass is 32.1. The molecule has 0 atom stereocenters. The van der Waals surface area contributed by atoms with E-state index in [-0.39, 0.29) is 5.97 Å². The Morgan fingerprint density at radius 2 is 2.26 bits per heavy atom. The minimum atomic E-state index is -0.286. The van der Waals surface area contributed by atoms with Gasteiger partial charge in [-0.3, -0.25) is 4.79 Å². The number of pyridine rings is 1. The maximum absolute atomic E-state index is 11.2. The van der Waals surface area contributed by atoms with E-state index in [0.717, 1.165) is 16.3 Å². The van der Waals surface area contributed by atoms with Gasteiger partial charge in [-0.2, -0.15) is 0 Å². The van der Waals surface area contributed by atoms with Crippen molar-refractivity contribution in [2.24, 2.45) is 0 Å². The Morgan fingerprint density at radius 3 is 2.89 bits per heavy atom. The highest BCUT2D eigenvalue weighted by Gasteiger charge is 2.10. The van der Waals surface area contributed by atoms with Gasteiger partial charge in [0.2, 0.25) is 5.88 Å². The zero-order chi connectivity index (χ0) is 13.8. The molecule has 0 aromatic carbocycles. The van der Waals surface area contributed by atoms with Crippen molar-refractivity contribution in [1.29, 1.82) is 0 Å². The number of carbonyl (C=O) groups excluding carboxylic acids is 1. The molecule has 0 amide bonds. The molecule has 0 N–H and O–H groups in total. The summed E-state index contributed by atoms with van der Waals surface area (Å²) in [6, 6.07) is 3.61. The first-order chi connectivity index (χ1) is 9.10. The number of hydrogen-bond donors (Lipinski definition) is 0. The van der Waals surface area contributed by atoms with Crippen molar-refractivity contribution in [3.8, 4) is 16.5 Å². The van der Waals surface area contributed by atoms with Crippen LogP contribution in [0.4, 0.5) is 0 Å². The molecule has 0 aliphatic rings. The molecule has 0 saturated carbocycles. The molecule has 0 aliphatic heterocycles. The summed E-state index contributed by atoms with van der Waals surface area (Å²) in [6.07, 6.45) is 1.96. The summed E-state index contributed by atoms with van der Waals surface area (Å²) >= 11 is 1.58. The maximum atomic E-state index is 11.2. The van der Waals surface area contributed by atoms with Crippen molar-refractivity contribution in [1.82, 2.24) is 9.97 Å². The van der Waals surface area contributed by atoms with E-state index in [9.17, 15) is 4.79 Å². The summed E-state index contributed by atoms with van der Waals surface area (Å²) in [5.41, 5.74) is 2.00. The van der Waals surface area contributed by atoms with Crippen LogP contribution in [-0.4, -0.2) is 15.9 Å². The second-order valence-electron chi connectivity index (χ2n) is 4.44. The molecular weight excluding hydrogens is 260 g/mol. The number of carbonyl (C=O) groups is 1. The van der Waals surface area contributed by atoms with Gasteiger partial charge in [-0.05, 0) is 12.0 Å². The topological polar surface area (TPSA) is 52.1 Å². The third kappa shape index (κ3) is 3.38. The third-order valence-corrected chi connectivity index (χ3v) is 3.51. The van der Waals surface area contributed by atoms with Crippen LogP contribution in [0.1, 0.15) is 38.8 Å². The Balaban J connectivity index is 2.24. The third-order valence-electron chi connectivity index (χ3n) is 2.60. The molecule has 100 valence electrons. The van der Waals surface area contributed by atoms with Crippen molar-refractivity contribution in [2.75, 3.05) is 0 Å². The average Bonchev–Trinajstić information content (AvgIpc) is 2.88. The summed E-state index contributed by atoms with van der Waals surface area (Å²) in [4.78, 5) is 19.8. The molecule has 5 heteroatoms. The summed E-state index contributed by atoms with van der Waals surface area (Å²) in [7, 11) is 0. The van der Waals surface area contributed by atoms with Crippen LogP contribution >= 0.6 is 11.3 Å². The van der Waals surface area contributed by atoms with Gasteiger partial charge in [0.15, 0.2) is 0 Å². The normalized spacial score (nSPS) is 10.7. The van der Waals surface area contributed by atoms with Gasteiger partial charge in [0.05, 0.1) is 5.69 Å². The van der Waals surface area contributed by atoms with Crippen molar-refractivity contribution >= 4 is 17.3 Å². The van der Waals surface area contributed by atoms with Gasteiger partial charge in [-0.25, -0.2) is 9.97 Å². The van der Waals surface area contributed by atoms with E-state index in [2.05, 4.69) is 29.2 Å². The molecule has 0 unspecified atom stereocenters. The van der Waals surface area contributed by atoms with E-state index in [1.165, 1.54) is 0 Å². The van der Waals surface area contributed by atoms with Crippen LogP contribution in [0.5, 0.6) is 5.88 Å². The number of hydrogen-bond acceptors (Lipinski definition) is 5. The van der Waals surface area contributed by atoms with Crippen LogP contribution < -0.4 is 4.74 Å². The summed E-state index contributed by atoms with van der Waals surface area (Å²) < 4.78 is 5.11. The molecule has 2 heterocycles. The summed E-state index contributed by atoms with van der Waals surface area (Å²) in [6.45, 7) is 5.97. The van der Waals surface area contributed by atoms with E-state index in [4.69, 9.17) is 4.74 Å². The van der Waals surface area contributed by atoms with E-state index < -0.39 is 0 Å². The number of rotatable bonds is 4. The number of esters is 1. The van der Waals surface area contributed by atoms with Gasteiger partial charge in [-0.1, -0.05) is 20.8 Å². The number of ether oxygens (including phenoxy) is 1. The van der Waals surface area contributed by atoms with Crippen LogP contribution in [0.2, 0.25) is 0 Å². The molecule has 2 aromatic heterocycles. The van der Waals surface area contributed by atoms with Crippen LogP contribution in [-0.2, 0) is 4.79 Å². The van der Waals surface area contributed by atoms with Gasteiger partial charge in [0.25, 0.3) is 0 Å². The van der Waals surface area contributed by atoms with Gasteiger partial charge in [-0.15, -0.1) is 11.3 Å². The molecule has 19 heavy (non-hydrogen) atoms. The first kappa shape index (κ1) is 13.7. The molecule has 4 nitrogen and oxygen atoms in total. The van der Waals surface area contributed by atoms with Gasteiger partial charge in [0, 0.05) is 29.6 Å². The van der Waals surface area contributed by atoms with Crippen LogP contribution in [0.25, 0.3) is 10.6 Å². The van der Waals surface area contributed by atoms with E-state index in [1.807, 2.05) is 6.07 Å². The minimum absolute atomic E-state index is 0.286. The Labute approximate surface area is 116 Å². The quantitative estimate of drug-likeness (QED) is 0.800. The van der Waals surface area contributed by atoms with Crippen molar-refractivity contribution in [3.05, 3.63) is 29.4 Å². The molecular formula is C14H16N2O2S. The smallest absolute Gasteiger partial charge is 0.312 e. The molecule has 0 fully saturated rings. The predicted octanol–water partition coefficient (Wildman–Crippen LogP) is 3.64. The van der Waals surface area contributed by atoms with Gasteiger partial charge in [0.1, 0.15) is 5.01 Å². The number of aromatic nitrogens is 2. The zero-order valence-corrected chi connectivity index (χ0v) is 12.0. The summed E-state index contributed by atoms with van der Waals surface area (Å²) in [5, 5.41) is 2.97. The van der Waals surface area contributed by atoms with Crippen molar-refractivity contribution < 1.29 is 9.53 Å². The lowest BCUT2D eigenvalue weighted by atomic mass is 10.2. The van der Waals surface area contributed by atoms with E-state index >= 15 is 0 Å². The van der Waals surface area contributed by atoms with Crippen LogP contribution in [0.15, 0.2) is 23.7 Å². The standard InChI is InChI=1S/C14H16N2O2S/c1-4-13(17)18-12-7-10(5-6-15-12)14-16-11(8-19-14)9(2)3/h5-9H,4H2,1-3H3. The number of thiazole rings is 1.